The third-order valence-electron chi connectivity index (χ3n) is 3.71. The molecule has 0 bridgehead atoms. The number of halogens is 1. The third kappa shape index (κ3) is 3.87. The molecule has 1 aromatic carbocycles. The summed E-state index contributed by atoms with van der Waals surface area (Å²) in [6.45, 7) is 5.40. The molecule has 6 heteroatoms. The average Bonchev–Trinajstić information content (AvgIpc) is 2.58. The van der Waals surface area contributed by atoms with E-state index in [2.05, 4.69) is 19.8 Å². The van der Waals surface area contributed by atoms with E-state index in [1.165, 1.54) is 0 Å². The summed E-state index contributed by atoms with van der Waals surface area (Å²) in [5.74, 6) is 1.56. The van der Waals surface area contributed by atoms with Crippen molar-refractivity contribution in [2.45, 2.75) is 0 Å². The van der Waals surface area contributed by atoms with Gasteiger partial charge >= 0.3 is 0 Å². The van der Waals surface area contributed by atoms with Gasteiger partial charge in [-0.25, -0.2) is 9.97 Å². The normalized spacial score (nSPS) is 15.8. The molecular formula is C16H19ClN4O. The van der Waals surface area contributed by atoms with E-state index in [0.717, 1.165) is 44.4 Å². The van der Waals surface area contributed by atoms with Crippen molar-refractivity contribution in [3.05, 3.63) is 47.7 Å². The van der Waals surface area contributed by atoms with Gasteiger partial charge in [-0.3, -0.25) is 4.90 Å². The molecule has 0 aliphatic carbocycles. The van der Waals surface area contributed by atoms with Crippen LogP contribution in [0.3, 0.4) is 0 Å². The lowest BCUT2D eigenvalue weighted by atomic mass is 10.3. The van der Waals surface area contributed by atoms with Crippen LogP contribution in [0.4, 0.5) is 5.95 Å². The zero-order valence-electron chi connectivity index (χ0n) is 12.4. The number of para-hydroxylation sites is 1. The number of aromatic nitrogens is 2. The molecular weight excluding hydrogens is 300 g/mol. The van der Waals surface area contributed by atoms with Crippen LogP contribution >= 0.6 is 11.6 Å². The molecule has 1 aliphatic rings. The van der Waals surface area contributed by atoms with Gasteiger partial charge in [0.15, 0.2) is 0 Å². The molecule has 0 unspecified atom stereocenters. The molecule has 0 saturated carbocycles. The lowest BCUT2D eigenvalue weighted by Crippen LogP contribution is -2.48. The Kier molecular flexibility index (Phi) is 5.08. The summed E-state index contributed by atoms with van der Waals surface area (Å²) in [6, 6.07) is 9.41. The smallest absolute Gasteiger partial charge is 0.225 e. The van der Waals surface area contributed by atoms with E-state index >= 15 is 0 Å². The maximum absolute atomic E-state index is 6.07. The molecule has 1 saturated heterocycles. The van der Waals surface area contributed by atoms with Gasteiger partial charge in [-0.15, -0.1) is 0 Å². The van der Waals surface area contributed by atoms with Crippen LogP contribution in [0.5, 0.6) is 5.75 Å². The second-order valence-electron chi connectivity index (χ2n) is 5.16. The predicted octanol–water partition coefficient (Wildman–Crippen LogP) is 2.33. The van der Waals surface area contributed by atoms with Gasteiger partial charge in [-0.1, -0.05) is 23.7 Å². The van der Waals surface area contributed by atoms with Crippen molar-refractivity contribution in [2.24, 2.45) is 0 Å². The molecule has 0 amide bonds. The van der Waals surface area contributed by atoms with Crippen LogP contribution in [0.25, 0.3) is 0 Å². The van der Waals surface area contributed by atoms with Crippen LogP contribution in [0.15, 0.2) is 42.7 Å². The fourth-order valence-electron chi connectivity index (χ4n) is 2.47. The Morgan fingerprint density at radius 3 is 2.45 bits per heavy atom. The maximum atomic E-state index is 6.07. The molecule has 116 valence electrons. The molecule has 2 heterocycles. The first-order chi connectivity index (χ1) is 10.8. The van der Waals surface area contributed by atoms with E-state index in [4.69, 9.17) is 16.3 Å². The first-order valence-corrected chi connectivity index (χ1v) is 7.82. The number of hydrogen-bond acceptors (Lipinski definition) is 5. The Morgan fingerprint density at radius 2 is 1.73 bits per heavy atom. The minimum absolute atomic E-state index is 0.644. The van der Waals surface area contributed by atoms with Crippen molar-refractivity contribution in [2.75, 3.05) is 44.2 Å². The maximum Gasteiger partial charge on any atom is 0.225 e. The molecule has 1 fully saturated rings. The Bertz CT molecular complexity index is 588. The highest BCUT2D eigenvalue weighted by molar-refractivity contribution is 6.32. The second kappa shape index (κ2) is 7.42. The standard InChI is InChI=1S/C16H19ClN4O/c17-14-4-1-2-5-15(14)22-13-12-20-8-10-21(11-9-20)16-18-6-3-7-19-16/h1-7H,8-13H2. The van der Waals surface area contributed by atoms with E-state index in [0.29, 0.717) is 11.6 Å². The van der Waals surface area contributed by atoms with Crippen LogP contribution in [0.2, 0.25) is 5.02 Å². The Balaban J connectivity index is 1.42. The number of hydrogen-bond donors (Lipinski definition) is 0. The van der Waals surface area contributed by atoms with Crippen molar-refractivity contribution >= 4 is 17.5 Å². The summed E-state index contributed by atoms with van der Waals surface area (Å²) in [6.07, 6.45) is 3.57. The summed E-state index contributed by atoms with van der Waals surface area (Å²) in [5.41, 5.74) is 0. The van der Waals surface area contributed by atoms with Gasteiger partial charge < -0.3 is 9.64 Å². The molecule has 0 radical (unpaired) electrons. The number of benzene rings is 1. The molecule has 3 rings (SSSR count). The zero-order valence-corrected chi connectivity index (χ0v) is 13.1. The van der Waals surface area contributed by atoms with Gasteiger partial charge in [-0.2, -0.15) is 0 Å². The highest BCUT2D eigenvalue weighted by atomic mass is 35.5. The molecule has 0 N–H and O–H groups in total. The van der Waals surface area contributed by atoms with E-state index in [-0.39, 0.29) is 0 Å². The number of rotatable bonds is 5. The van der Waals surface area contributed by atoms with Crippen molar-refractivity contribution in [3.63, 3.8) is 0 Å². The van der Waals surface area contributed by atoms with E-state index < -0.39 is 0 Å². The van der Waals surface area contributed by atoms with Gasteiger partial charge in [0.1, 0.15) is 12.4 Å². The quantitative estimate of drug-likeness (QED) is 0.846. The molecule has 0 atom stereocenters. The molecule has 1 aliphatic heterocycles. The van der Waals surface area contributed by atoms with Gasteiger partial charge in [0.2, 0.25) is 5.95 Å². The SMILES string of the molecule is Clc1ccccc1OCCN1CCN(c2ncccn2)CC1. The average molecular weight is 319 g/mol. The Hall–Kier alpha value is -1.85. The largest absolute Gasteiger partial charge is 0.491 e. The summed E-state index contributed by atoms with van der Waals surface area (Å²) in [4.78, 5) is 13.2. The predicted molar refractivity (Wildman–Crippen MR) is 87.6 cm³/mol. The Labute approximate surface area is 135 Å². The van der Waals surface area contributed by atoms with Gasteiger partial charge in [-0.05, 0) is 18.2 Å². The molecule has 1 aromatic heterocycles. The fourth-order valence-corrected chi connectivity index (χ4v) is 2.66. The summed E-state index contributed by atoms with van der Waals surface area (Å²) in [7, 11) is 0. The molecule has 22 heavy (non-hydrogen) atoms. The van der Waals surface area contributed by atoms with E-state index in [1.54, 1.807) is 12.4 Å². The topological polar surface area (TPSA) is 41.5 Å². The molecule has 0 spiro atoms. The number of piperazine rings is 1. The highest BCUT2D eigenvalue weighted by Gasteiger charge is 2.18. The summed E-state index contributed by atoms with van der Waals surface area (Å²) in [5, 5.41) is 0.661. The summed E-state index contributed by atoms with van der Waals surface area (Å²) < 4.78 is 5.74. The zero-order chi connectivity index (χ0) is 15.2. The van der Waals surface area contributed by atoms with Gasteiger partial charge in [0.25, 0.3) is 0 Å². The minimum Gasteiger partial charge on any atom is -0.491 e. The number of anilines is 1. The van der Waals surface area contributed by atoms with Crippen molar-refractivity contribution < 1.29 is 4.74 Å². The van der Waals surface area contributed by atoms with Crippen LogP contribution in [0, 0.1) is 0 Å². The van der Waals surface area contributed by atoms with Crippen molar-refractivity contribution in [3.8, 4) is 5.75 Å². The molecule has 5 nitrogen and oxygen atoms in total. The number of nitrogens with zero attached hydrogens (tertiary/aromatic N) is 4. The fraction of sp³-hybridized carbons (Fsp3) is 0.375. The first-order valence-electron chi connectivity index (χ1n) is 7.44. The first kappa shape index (κ1) is 15.1. The lowest BCUT2D eigenvalue weighted by Gasteiger charge is -2.34. The molecule has 2 aromatic rings. The van der Waals surface area contributed by atoms with E-state index in [1.807, 2.05) is 30.3 Å². The second-order valence-corrected chi connectivity index (χ2v) is 5.56. The van der Waals surface area contributed by atoms with Crippen molar-refractivity contribution in [1.82, 2.24) is 14.9 Å². The van der Waals surface area contributed by atoms with Crippen LogP contribution < -0.4 is 9.64 Å². The van der Waals surface area contributed by atoms with Gasteiger partial charge in [0.05, 0.1) is 5.02 Å². The highest BCUT2D eigenvalue weighted by Crippen LogP contribution is 2.22. The third-order valence-corrected chi connectivity index (χ3v) is 4.02. The van der Waals surface area contributed by atoms with Gasteiger partial charge in [0, 0.05) is 45.1 Å². The van der Waals surface area contributed by atoms with Crippen LogP contribution in [0.1, 0.15) is 0 Å². The van der Waals surface area contributed by atoms with E-state index in [9.17, 15) is 0 Å². The minimum atomic E-state index is 0.644. The van der Waals surface area contributed by atoms with Crippen molar-refractivity contribution in [1.29, 1.82) is 0 Å². The Morgan fingerprint density at radius 1 is 1.00 bits per heavy atom. The van der Waals surface area contributed by atoms with Crippen LogP contribution in [-0.2, 0) is 0 Å². The number of ether oxygens (including phenoxy) is 1. The summed E-state index contributed by atoms with van der Waals surface area (Å²) >= 11 is 6.07. The lowest BCUT2D eigenvalue weighted by molar-refractivity contribution is 0.200. The monoisotopic (exact) mass is 318 g/mol. The van der Waals surface area contributed by atoms with Crippen LogP contribution in [-0.4, -0.2) is 54.2 Å².